The molecule has 0 spiro atoms. The third-order valence-electron chi connectivity index (χ3n) is 3.90. The predicted molar refractivity (Wildman–Crippen MR) is 79.1 cm³/mol. The Labute approximate surface area is 122 Å². The molecular formula is C15H16N5O+. The molecule has 1 atom stereocenters. The van der Waals surface area contributed by atoms with Crippen LogP contribution in [0.3, 0.4) is 0 Å². The van der Waals surface area contributed by atoms with E-state index in [2.05, 4.69) is 27.8 Å². The van der Waals surface area contributed by atoms with Gasteiger partial charge >= 0.3 is 5.96 Å². The van der Waals surface area contributed by atoms with Gasteiger partial charge in [-0.15, -0.1) is 0 Å². The fourth-order valence-corrected chi connectivity index (χ4v) is 2.99. The minimum Gasteiger partial charge on any atom is -0.379 e. The van der Waals surface area contributed by atoms with Crippen molar-refractivity contribution in [3.63, 3.8) is 0 Å². The van der Waals surface area contributed by atoms with E-state index >= 15 is 0 Å². The van der Waals surface area contributed by atoms with Gasteiger partial charge in [-0.2, -0.15) is 0 Å². The summed E-state index contributed by atoms with van der Waals surface area (Å²) >= 11 is 0. The van der Waals surface area contributed by atoms with E-state index in [0.29, 0.717) is 12.5 Å². The summed E-state index contributed by atoms with van der Waals surface area (Å²) in [7, 11) is 0. The lowest BCUT2D eigenvalue weighted by molar-refractivity contribution is -0.369. The van der Waals surface area contributed by atoms with E-state index in [0.717, 1.165) is 34.9 Å². The number of aliphatic imine (C=N–C) groups is 1. The normalized spacial score (nSPS) is 23.8. The van der Waals surface area contributed by atoms with Gasteiger partial charge in [-0.25, -0.2) is 4.90 Å². The van der Waals surface area contributed by atoms with Crippen molar-refractivity contribution in [2.75, 3.05) is 19.6 Å². The summed E-state index contributed by atoms with van der Waals surface area (Å²) in [6.45, 7) is 2.35. The zero-order chi connectivity index (χ0) is 14.2. The van der Waals surface area contributed by atoms with Crippen molar-refractivity contribution in [1.82, 2.24) is 15.5 Å². The molecule has 3 heterocycles. The lowest BCUT2D eigenvalue weighted by Crippen LogP contribution is -2.50. The first-order valence-electron chi connectivity index (χ1n) is 7.10. The summed E-state index contributed by atoms with van der Waals surface area (Å²) in [6.07, 6.45) is 3.39. The SMILES string of the molecule is O=[N+]1C=CCN2C1=NC1=C(NCCN1)C2c1ccccc1. The number of benzene rings is 1. The summed E-state index contributed by atoms with van der Waals surface area (Å²) in [6, 6.07) is 10.2. The van der Waals surface area contributed by atoms with Gasteiger partial charge < -0.3 is 10.6 Å². The van der Waals surface area contributed by atoms with Gasteiger partial charge in [0.15, 0.2) is 0 Å². The molecule has 3 aliphatic rings. The second-order valence-corrected chi connectivity index (χ2v) is 5.20. The average molecular weight is 282 g/mol. The van der Waals surface area contributed by atoms with Crippen LogP contribution in [-0.4, -0.2) is 35.3 Å². The van der Waals surface area contributed by atoms with Crippen molar-refractivity contribution in [1.29, 1.82) is 0 Å². The van der Waals surface area contributed by atoms with E-state index in [-0.39, 0.29) is 6.04 Å². The van der Waals surface area contributed by atoms with Crippen LogP contribution < -0.4 is 10.6 Å². The minimum absolute atomic E-state index is 0.0112. The summed E-state index contributed by atoms with van der Waals surface area (Å²) in [4.78, 5) is 18.6. The molecule has 6 heteroatoms. The molecular weight excluding hydrogens is 266 g/mol. The average Bonchev–Trinajstić information content (AvgIpc) is 2.54. The van der Waals surface area contributed by atoms with E-state index < -0.39 is 0 Å². The maximum atomic E-state index is 12.1. The van der Waals surface area contributed by atoms with Crippen LogP contribution in [-0.2, 0) is 0 Å². The summed E-state index contributed by atoms with van der Waals surface area (Å²) in [5.41, 5.74) is 2.19. The Morgan fingerprint density at radius 1 is 1.19 bits per heavy atom. The largest absolute Gasteiger partial charge is 0.438 e. The molecule has 0 amide bonds. The molecule has 0 radical (unpaired) electrons. The maximum Gasteiger partial charge on any atom is 0.438 e. The molecule has 0 fully saturated rings. The molecule has 0 bridgehead atoms. The standard InChI is InChI=1S/C15H16N5O/c21-20-10-4-9-19-13(11-5-2-1-3-6-11)12-14(18-15(19)20)17-8-7-16-12/h1-6,10,13,16-17H,7-9H2/q+1. The van der Waals surface area contributed by atoms with Crippen LogP contribution in [0.5, 0.6) is 0 Å². The van der Waals surface area contributed by atoms with Crippen molar-refractivity contribution in [2.45, 2.75) is 6.04 Å². The number of guanidine groups is 1. The van der Waals surface area contributed by atoms with Crippen LogP contribution in [0.2, 0.25) is 0 Å². The first kappa shape index (κ1) is 12.1. The van der Waals surface area contributed by atoms with Crippen LogP contribution in [0.1, 0.15) is 11.6 Å². The number of nitroso groups, excluding NO2 is 1. The van der Waals surface area contributed by atoms with Crippen LogP contribution in [0.4, 0.5) is 0 Å². The van der Waals surface area contributed by atoms with Gasteiger partial charge in [0.2, 0.25) is 5.82 Å². The van der Waals surface area contributed by atoms with E-state index in [1.165, 1.54) is 6.20 Å². The van der Waals surface area contributed by atoms with Crippen LogP contribution >= 0.6 is 0 Å². The third-order valence-corrected chi connectivity index (χ3v) is 3.90. The highest BCUT2D eigenvalue weighted by molar-refractivity contribution is 5.77. The van der Waals surface area contributed by atoms with E-state index in [1.807, 2.05) is 29.2 Å². The molecule has 0 aliphatic carbocycles. The fourth-order valence-electron chi connectivity index (χ4n) is 2.99. The van der Waals surface area contributed by atoms with Gasteiger partial charge in [0.25, 0.3) is 0 Å². The first-order valence-corrected chi connectivity index (χ1v) is 7.10. The Morgan fingerprint density at radius 3 is 2.86 bits per heavy atom. The zero-order valence-electron chi connectivity index (χ0n) is 11.5. The van der Waals surface area contributed by atoms with Crippen molar-refractivity contribution in [3.8, 4) is 0 Å². The molecule has 6 nitrogen and oxygen atoms in total. The lowest BCUT2D eigenvalue weighted by Gasteiger charge is -2.35. The van der Waals surface area contributed by atoms with Crippen LogP contribution in [0.15, 0.2) is 59.1 Å². The highest BCUT2D eigenvalue weighted by Crippen LogP contribution is 2.34. The molecule has 3 aliphatic heterocycles. The van der Waals surface area contributed by atoms with Crippen molar-refractivity contribution in [2.24, 2.45) is 4.99 Å². The second-order valence-electron chi connectivity index (χ2n) is 5.20. The molecule has 0 saturated carbocycles. The van der Waals surface area contributed by atoms with Gasteiger partial charge in [0.1, 0.15) is 17.9 Å². The van der Waals surface area contributed by atoms with Crippen molar-refractivity contribution >= 4 is 5.96 Å². The number of nitrogens with zero attached hydrogens (tertiary/aromatic N) is 3. The Morgan fingerprint density at radius 2 is 2.00 bits per heavy atom. The van der Waals surface area contributed by atoms with E-state index in [1.54, 1.807) is 0 Å². The van der Waals surface area contributed by atoms with Gasteiger partial charge in [0, 0.05) is 13.1 Å². The number of fused-ring (bicyclic) bond motifs is 1. The highest BCUT2D eigenvalue weighted by Gasteiger charge is 2.44. The molecule has 1 aromatic rings. The monoisotopic (exact) mass is 282 g/mol. The Bertz CT molecular complexity index is 677. The number of hydrogen-bond acceptors (Lipinski definition) is 5. The topological polar surface area (TPSA) is 59.7 Å². The highest BCUT2D eigenvalue weighted by atomic mass is 16.3. The van der Waals surface area contributed by atoms with Gasteiger partial charge in [0.05, 0.1) is 6.54 Å². The minimum atomic E-state index is -0.0112. The molecule has 0 aromatic heterocycles. The van der Waals surface area contributed by atoms with E-state index in [9.17, 15) is 4.91 Å². The van der Waals surface area contributed by atoms with Crippen molar-refractivity contribution in [3.05, 3.63) is 64.6 Å². The zero-order valence-corrected chi connectivity index (χ0v) is 11.5. The van der Waals surface area contributed by atoms with Crippen molar-refractivity contribution < 1.29 is 4.76 Å². The quantitative estimate of drug-likeness (QED) is 0.756. The number of hydrogen-bond donors (Lipinski definition) is 2. The van der Waals surface area contributed by atoms with Crippen LogP contribution in [0.25, 0.3) is 0 Å². The smallest absolute Gasteiger partial charge is 0.379 e. The summed E-state index contributed by atoms with van der Waals surface area (Å²) in [5, 5.41) is 6.73. The molecule has 1 aromatic carbocycles. The molecule has 1 unspecified atom stereocenters. The maximum absolute atomic E-state index is 12.1. The Balaban J connectivity index is 1.87. The van der Waals surface area contributed by atoms with Gasteiger partial charge in [-0.3, -0.25) is 0 Å². The fraction of sp³-hybridized carbons (Fsp3) is 0.267. The molecule has 106 valence electrons. The Hall–Kier alpha value is -2.63. The Kier molecular flexibility index (Phi) is 2.73. The van der Waals surface area contributed by atoms with E-state index in [4.69, 9.17) is 0 Å². The van der Waals surface area contributed by atoms with Gasteiger partial charge in [-0.1, -0.05) is 35.2 Å². The summed E-state index contributed by atoms with van der Waals surface area (Å²) < 4.78 is 0.833. The molecule has 0 saturated heterocycles. The molecule has 4 rings (SSSR count). The molecule has 21 heavy (non-hydrogen) atoms. The third kappa shape index (κ3) is 1.91. The second kappa shape index (κ2) is 4.73. The molecule has 2 N–H and O–H groups in total. The first-order chi connectivity index (χ1) is 10.3. The van der Waals surface area contributed by atoms with Gasteiger partial charge in [-0.05, 0) is 21.4 Å². The lowest BCUT2D eigenvalue weighted by atomic mass is 9.99. The van der Waals surface area contributed by atoms with Crippen LogP contribution in [0, 0.1) is 4.91 Å². The number of rotatable bonds is 1. The predicted octanol–water partition coefficient (Wildman–Crippen LogP) is 1.07. The number of nitrogens with one attached hydrogen (secondary N) is 2. The summed E-state index contributed by atoms with van der Waals surface area (Å²) in [5.74, 6) is 1.22.